The van der Waals surface area contributed by atoms with Crippen molar-refractivity contribution in [3.63, 3.8) is 0 Å². The van der Waals surface area contributed by atoms with E-state index in [0.717, 1.165) is 41.7 Å². The summed E-state index contributed by atoms with van der Waals surface area (Å²) < 4.78 is 39.4. The maximum absolute atomic E-state index is 12.9. The van der Waals surface area contributed by atoms with E-state index in [4.69, 9.17) is 33.2 Å². The molecule has 11 heteroatoms. The van der Waals surface area contributed by atoms with Gasteiger partial charge in [-0.05, 0) is 27.8 Å². The molecule has 1 fully saturated rings. The Hall–Kier alpha value is -4.74. The molecular weight excluding hydrogens is 584 g/mol. The smallest absolute Gasteiger partial charge is 0.455 e. The highest BCUT2D eigenvalue weighted by Crippen LogP contribution is 2.44. The zero-order chi connectivity index (χ0) is 31.9. The fourth-order valence-electron chi connectivity index (χ4n) is 5.66. The fraction of sp³-hybridized carbons (Fsp3) is 0.353. The summed E-state index contributed by atoms with van der Waals surface area (Å²) in [5, 5.41) is 0. The highest BCUT2D eigenvalue weighted by Gasteiger charge is 2.53. The average molecular weight is 619 g/mol. The van der Waals surface area contributed by atoms with Gasteiger partial charge in [-0.25, -0.2) is 4.79 Å². The minimum atomic E-state index is -1.33. The van der Waals surface area contributed by atoms with Gasteiger partial charge in [-0.1, -0.05) is 78.9 Å². The van der Waals surface area contributed by atoms with Crippen molar-refractivity contribution < 1.29 is 52.3 Å². The van der Waals surface area contributed by atoms with Crippen LogP contribution in [0.25, 0.3) is 11.1 Å². The van der Waals surface area contributed by atoms with Crippen molar-refractivity contribution in [3.05, 3.63) is 95.6 Å². The second-order valence-electron chi connectivity index (χ2n) is 10.7. The summed E-state index contributed by atoms with van der Waals surface area (Å²) >= 11 is 0. The third-order valence-corrected chi connectivity index (χ3v) is 7.45. The Balaban J connectivity index is 1.31. The van der Waals surface area contributed by atoms with Crippen LogP contribution in [0.5, 0.6) is 0 Å². The first-order valence-corrected chi connectivity index (χ1v) is 14.5. The van der Waals surface area contributed by atoms with Crippen LogP contribution in [0.2, 0.25) is 0 Å². The molecule has 0 aromatic heterocycles. The van der Waals surface area contributed by atoms with Gasteiger partial charge in [-0.3, -0.25) is 14.4 Å². The van der Waals surface area contributed by atoms with E-state index in [9.17, 15) is 19.2 Å². The molecule has 0 amide bonds. The summed E-state index contributed by atoms with van der Waals surface area (Å²) in [7, 11) is 0. The van der Waals surface area contributed by atoms with Gasteiger partial charge in [0.05, 0.1) is 6.61 Å². The molecule has 1 saturated heterocycles. The van der Waals surface area contributed by atoms with Crippen LogP contribution in [0, 0.1) is 0 Å². The first kappa shape index (κ1) is 31.7. The minimum Gasteiger partial charge on any atom is -0.455 e. The molecule has 0 bridgehead atoms. The number of carbonyl (C=O) groups is 4. The summed E-state index contributed by atoms with van der Waals surface area (Å²) in [4.78, 5) is 49.2. The van der Waals surface area contributed by atoms with E-state index in [0.29, 0.717) is 0 Å². The van der Waals surface area contributed by atoms with Gasteiger partial charge in [-0.15, -0.1) is 0 Å². The lowest BCUT2D eigenvalue weighted by Crippen LogP contribution is -2.62. The molecule has 0 spiro atoms. The van der Waals surface area contributed by atoms with Crippen molar-refractivity contribution in [1.29, 1.82) is 0 Å². The summed E-state index contributed by atoms with van der Waals surface area (Å²) in [6, 6.07) is 25.0. The van der Waals surface area contributed by atoms with Gasteiger partial charge < -0.3 is 33.2 Å². The van der Waals surface area contributed by atoms with Crippen LogP contribution in [0.1, 0.15) is 43.4 Å². The zero-order valence-corrected chi connectivity index (χ0v) is 25.1. The standard InChI is InChI=1S/C34H34O11/c1-20(35)42-30-29(19-41-34(38)40-18-28-26-15-9-7-13-24(26)25-14-8-10-16-27(25)28)45-33(39-17-23-11-5-4-6-12-23)32(44-22(3)37)31(30)43-21(2)36/h4-16,28-33H,17-19H2,1-3H3/t29-,30-,31+,32-,33-/m1/s1. The van der Waals surface area contributed by atoms with E-state index in [1.54, 1.807) is 0 Å². The molecule has 2 aliphatic rings. The maximum atomic E-state index is 12.9. The molecule has 236 valence electrons. The van der Waals surface area contributed by atoms with Crippen LogP contribution < -0.4 is 0 Å². The number of rotatable bonds is 10. The first-order chi connectivity index (χ1) is 21.7. The number of hydrogen-bond acceptors (Lipinski definition) is 11. The number of benzene rings is 3. The Kier molecular flexibility index (Phi) is 10.1. The normalized spacial score (nSPS) is 22.0. The van der Waals surface area contributed by atoms with E-state index in [2.05, 4.69) is 0 Å². The van der Waals surface area contributed by atoms with Crippen LogP contribution in [0.4, 0.5) is 4.79 Å². The molecule has 0 N–H and O–H groups in total. The molecule has 1 aliphatic heterocycles. The van der Waals surface area contributed by atoms with Crippen molar-refractivity contribution >= 4 is 24.1 Å². The first-order valence-electron chi connectivity index (χ1n) is 14.5. The molecule has 3 aromatic carbocycles. The second kappa shape index (κ2) is 14.4. The summed E-state index contributed by atoms with van der Waals surface area (Å²) in [5.74, 6) is -2.34. The SMILES string of the molecule is CC(=O)O[C@@H]1[C@@H](OC(C)=O)[C@H](OCc2ccccc2)O[C@H](COC(=O)OCC2c3ccccc3-c3ccccc32)[C@H]1OC(C)=O. The quantitative estimate of drug-likeness (QED) is 0.232. The van der Waals surface area contributed by atoms with Gasteiger partial charge in [0.2, 0.25) is 0 Å². The van der Waals surface area contributed by atoms with Crippen molar-refractivity contribution in [2.24, 2.45) is 0 Å². The topological polar surface area (TPSA) is 133 Å². The molecule has 0 radical (unpaired) electrons. The molecule has 5 rings (SSSR count). The fourth-order valence-corrected chi connectivity index (χ4v) is 5.66. The minimum absolute atomic E-state index is 0.0270. The number of hydrogen-bond donors (Lipinski definition) is 0. The summed E-state index contributed by atoms with van der Waals surface area (Å²) in [5.41, 5.74) is 5.03. The second-order valence-corrected chi connectivity index (χ2v) is 10.7. The Morgan fingerprint density at radius 2 is 1.13 bits per heavy atom. The van der Waals surface area contributed by atoms with Crippen molar-refractivity contribution in [3.8, 4) is 11.1 Å². The molecule has 5 atom stereocenters. The lowest BCUT2D eigenvalue weighted by molar-refractivity contribution is -0.310. The molecule has 0 unspecified atom stereocenters. The van der Waals surface area contributed by atoms with E-state index in [-0.39, 0.29) is 19.1 Å². The monoisotopic (exact) mass is 618 g/mol. The molecule has 1 heterocycles. The van der Waals surface area contributed by atoms with Crippen molar-refractivity contribution in [2.45, 2.75) is 64.0 Å². The molecule has 0 saturated carbocycles. The highest BCUT2D eigenvalue weighted by atomic mass is 16.8. The third-order valence-electron chi connectivity index (χ3n) is 7.45. The predicted molar refractivity (Wildman–Crippen MR) is 158 cm³/mol. The maximum Gasteiger partial charge on any atom is 0.508 e. The number of fused-ring (bicyclic) bond motifs is 3. The van der Waals surface area contributed by atoms with Gasteiger partial charge >= 0.3 is 24.1 Å². The van der Waals surface area contributed by atoms with Crippen molar-refractivity contribution in [2.75, 3.05) is 13.2 Å². The van der Waals surface area contributed by atoms with Gasteiger partial charge in [0.25, 0.3) is 0 Å². The van der Waals surface area contributed by atoms with E-state index in [1.165, 1.54) is 6.92 Å². The Morgan fingerprint density at radius 1 is 0.622 bits per heavy atom. The molecular formula is C34H34O11. The van der Waals surface area contributed by atoms with E-state index in [1.807, 2.05) is 78.9 Å². The van der Waals surface area contributed by atoms with Gasteiger partial charge in [0.1, 0.15) is 19.3 Å². The largest absolute Gasteiger partial charge is 0.508 e. The van der Waals surface area contributed by atoms with Gasteiger partial charge in [0, 0.05) is 26.7 Å². The summed E-state index contributed by atoms with van der Waals surface area (Å²) in [6.45, 7) is 3.12. The predicted octanol–water partition coefficient (Wildman–Crippen LogP) is 4.69. The summed E-state index contributed by atoms with van der Waals surface area (Å²) in [6.07, 6.45) is -7.37. The molecule has 3 aromatic rings. The molecule has 45 heavy (non-hydrogen) atoms. The van der Waals surface area contributed by atoms with Gasteiger partial charge in [-0.2, -0.15) is 0 Å². The van der Waals surface area contributed by atoms with Crippen LogP contribution in [-0.4, -0.2) is 68.0 Å². The molecule has 11 nitrogen and oxygen atoms in total. The van der Waals surface area contributed by atoms with Crippen LogP contribution in [-0.2, 0) is 54.1 Å². The lowest BCUT2D eigenvalue weighted by Gasteiger charge is -2.44. The van der Waals surface area contributed by atoms with Gasteiger partial charge in [0.15, 0.2) is 24.6 Å². The number of ether oxygens (including phenoxy) is 7. The van der Waals surface area contributed by atoms with Crippen molar-refractivity contribution in [1.82, 2.24) is 0 Å². The number of esters is 3. The third kappa shape index (κ3) is 7.68. The zero-order valence-electron chi connectivity index (χ0n) is 25.1. The Labute approximate surface area is 260 Å². The Bertz CT molecular complexity index is 1480. The highest BCUT2D eigenvalue weighted by molar-refractivity contribution is 5.79. The number of carbonyl (C=O) groups excluding carboxylic acids is 4. The Morgan fingerprint density at radius 3 is 1.73 bits per heavy atom. The average Bonchev–Trinajstić information content (AvgIpc) is 3.34. The van der Waals surface area contributed by atoms with Crippen LogP contribution in [0.3, 0.4) is 0 Å². The van der Waals surface area contributed by atoms with E-state index < -0.39 is 61.4 Å². The molecule has 1 aliphatic carbocycles. The van der Waals surface area contributed by atoms with Crippen LogP contribution >= 0.6 is 0 Å². The van der Waals surface area contributed by atoms with E-state index >= 15 is 0 Å². The lowest BCUT2D eigenvalue weighted by atomic mass is 9.98. The van der Waals surface area contributed by atoms with Crippen LogP contribution in [0.15, 0.2) is 78.9 Å².